The van der Waals surface area contributed by atoms with Crippen LogP contribution in [-0.2, 0) is 5.41 Å². The SMILES string of the molecule is CC(C)(C)c1ccc(C(=O)NC(=S)Nc2cc([N+](=O)[O-])ccc2O)cc1Br. The maximum atomic E-state index is 12.4. The van der Waals surface area contributed by atoms with Gasteiger partial charge in [-0.15, -0.1) is 0 Å². The topological polar surface area (TPSA) is 104 Å². The second kappa shape index (κ2) is 8.01. The van der Waals surface area contributed by atoms with E-state index in [1.807, 2.05) is 6.07 Å². The highest BCUT2D eigenvalue weighted by atomic mass is 79.9. The Morgan fingerprint density at radius 3 is 2.44 bits per heavy atom. The second-order valence-electron chi connectivity index (χ2n) is 6.81. The lowest BCUT2D eigenvalue weighted by atomic mass is 9.86. The summed E-state index contributed by atoms with van der Waals surface area (Å²) in [4.78, 5) is 22.6. The first kappa shape index (κ1) is 20.8. The minimum Gasteiger partial charge on any atom is -0.506 e. The van der Waals surface area contributed by atoms with Crippen LogP contribution in [0.5, 0.6) is 5.75 Å². The maximum Gasteiger partial charge on any atom is 0.271 e. The smallest absolute Gasteiger partial charge is 0.271 e. The number of nitrogens with zero attached hydrogens (tertiary/aromatic N) is 1. The summed E-state index contributed by atoms with van der Waals surface area (Å²) in [5.41, 5.74) is 1.18. The monoisotopic (exact) mass is 451 g/mol. The van der Waals surface area contributed by atoms with Crippen LogP contribution >= 0.6 is 28.1 Å². The molecule has 0 fully saturated rings. The summed E-state index contributed by atoms with van der Waals surface area (Å²) in [7, 11) is 0. The fourth-order valence-electron chi connectivity index (χ4n) is 2.33. The average Bonchev–Trinajstić information content (AvgIpc) is 2.55. The summed E-state index contributed by atoms with van der Waals surface area (Å²) in [5, 5.41) is 25.6. The van der Waals surface area contributed by atoms with Gasteiger partial charge in [0.05, 0.1) is 10.6 Å². The van der Waals surface area contributed by atoms with E-state index in [2.05, 4.69) is 47.3 Å². The molecule has 0 spiro atoms. The van der Waals surface area contributed by atoms with Crippen LogP contribution in [0.3, 0.4) is 0 Å². The zero-order chi connectivity index (χ0) is 20.4. The third kappa shape index (κ3) is 5.24. The van der Waals surface area contributed by atoms with Gasteiger partial charge in [0.1, 0.15) is 5.75 Å². The molecule has 2 aromatic rings. The Bertz CT molecular complexity index is 925. The molecule has 0 aliphatic carbocycles. The number of hydrogen-bond acceptors (Lipinski definition) is 5. The molecule has 9 heteroatoms. The third-order valence-corrected chi connectivity index (χ3v) is 4.57. The first-order chi connectivity index (χ1) is 12.5. The van der Waals surface area contributed by atoms with Gasteiger partial charge in [0.2, 0.25) is 0 Å². The molecule has 0 unspecified atom stereocenters. The number of thiocarbonyl (C=S) groups is 1. The van der Waals surface area contributed by atoms with Crippen molar-refractivity contribution in [1.29, 1.82) is 0 Å². The molecule has 0 aliphatic rings. The minimum atomic E-state index is -0.597. The largest absolute Gasteiger partial charge is 0.506 e. The summed E-state index contributed by atoms with van der Waals surface area (Å²) >= 11 is 8.54. The number of rotatable bonds is 3. The van der Waals surface area contributed by atoms with Crippen molar-refractivity contribution in [3.05, 3.63) is 62.1 Å². The van der Waals surface area contributed by atoms with Crippen LogP contribution in [0.4, 0.5) is 11.4 Å². The van der Waals surface area contributed by atoms with Gasteiger partial charge < -0.3 is 10.4 Å². The Morgan fingerprint density at radius 1 is 1.22 bits per heavy atom. The summed E-state index contributed by atoms with van der Waals surface area (Å²) in [6.45, 7) is 6.20. The minimum absolute atomic E-state index is 0.0266. The van der Waals surface area contributed by atoms with Crippen LogP contribution in [0, 0.1) is 10.1 Å². The normalized spacial score (nSPS) is 11.0. The van der Waals surface area contributed by atoms with Gasteiger partial charge in [0.15, 0.2) is 5.11 Å². The molecule has 2 rings (SSSR count). The van der Waals surface area contributed by atoms with E-state index in [-0.39, 0.29) is 27.7 Å². The van der Waals surface area contributed by atoms with Crippen LogP contribution in [0.25, 0.3) is 0 Å². The Morgan fingerprint density at radius 2 is 1.89 bits per heavy atom. The van der Waals surface area contributed by atoms with Gasteiger partial charge in [-0.05, 0) is 41.4 Å². The number of aromatic hydroxyl groups is 1. The number of carbonyl (C=O) groups excluding carboxylic acids is 1. The molecule has 0 bridgehead atoms. The Kier molecular flexibility index (Phi) is 6.17. The van der Waals surface area contributed by atoms with Crippen LogP contribution < -0.4 is 10.6 Å². The van der Waals surface area contributed by atoms with Gasteiger partial charge in [0, 0.05) is 22.2 Å². The van der Waals surface area contributed by atoms with Crippen molar-refractivity contribution in [1.82, 2.24) is 5.32 Å². The van der Waals surface area contributed by atoms with Gasteiger partial charge >= 0.3 is 0 Å². The van der Waals surface area contributed by atoms with E-state index < -0.39 is 10.8 Å². The van der Waals surface area contributed by atoms with Gasteiger partial charge in [-0.25, -0.2) is 0 Å². The van der Waals surface area contributed by atoms with Crippen LogP contribution in [-0.4, -0.2) is 21.0 Å². The number of halogens is 1. The molecule has 0 aliphatic heterocycles. The number of phenols is 1. The second-order valence-corrected chi connectivity index (χ2v) is 8.07. The molecular weight excluding hydrogens is 434 g/mol. The van der Waals surface area contributed by atoms with Crippen LogP contribution in [0.15, 0.2) is 40.9 Å². The number of non-ortho nitro benzene ring substituents is 1. The van der Waals surface area contributed by atoms with Crippen molar-refractivity contribution in [3.8, 4) is 5.75 Å². The van der Waals surface area contributed by atoms with Crippen molar-refractivity contribution < 1.29 is 14.8 Å². The number of carbonyl (C=O) groups is 1. The van der Waals surface area contributed by atoms with E-state index in [0.29, 0.717) is 5.56 Å². The predicted octanol–water partition coefficient (Wildman–Crippen LogP) is 4.49. The van der Waals surface area contributed by atoms with Crippen molar-refractivity contribution in [2.75, 3.05) is 5.32 Å². The first-order valence-corrected chi connectivity index (χ1v) is 9.09. The molecule has 1 amide bonds. The number of hydrogen-bond donors (Lipinski definition) is 3. The van der Waals surface area contributed by atoms with Crippen molar-refractivity contribution in [2.24, 2.45) is 0 Å². The fraction of sp³-hybridized carbons (Fsp3) is 0.222. The van der Waals surface area contributed by atoms with Gasteiger partial charge in [0.25, 0.3) is 11.6 Å². The molecule has 0 atom stereocenters. The number of phenolic OH excluding ortho intramolecular Hbond substituents is 1. The van der Waals surface area contributed by atoms with E-state index in [1.165, 1.54) is 6.07 Å². The van der Waals surface area contributed by atoms with E-state index >= 15 is 0 Å². The summed E-state index contributed by atoms with van der Waals surface area (Å²) in [5.74, 6) is -0.673. The average molecular weight is 452 g/mol. The molecule has 142 valence electrons. The van der Waals surface area contributed by atoms with Crippen LogP contribution in [0.1, 0.15) is 36.7 Å². The Balaban J connectivity index is 2.12. The molecule has 0 heterocycles. The quantitative estimate of drug-likeness (QED) is 0.275. The highest BCUT2D eigenvalue weighted by Crippen LogP contribution is 2.30. The van der Waals surface area contributed by atoms with Gasteiger partial charge in [-0.1, -0.05) is 42.8 Å². The van der Waals surface area contributed by atoms with Crippen molar-refractivity contribution >= 4 is 50.5 Å². The highest BCUT2D eigenvalue weighted by Gasteiger charge is 2.19. The molecular formula is C18H18BrN3O4S. The molecule has 7 nitrogen and oxygen atoms in total. The molecule has 2 aromatic carbocycles. The maximum absolute atomic E-state index is 12.4. The number of nitro benzene ring substituents is 1. The molecule has 3 N–H and O–H groups in total. The molecule has 0 aromatic heterocycles. The number of anilines is 1. The van der Waals surface area contributed by atoms with Gasteiger partial charge in [-0.3, -0.25) is 20.2 Å². The summed E-state index contributed by atoms with van der Waals surface area (Å²) in [6, 6.07) is 8.71. The van der Waals surface area contributed by atoms with Crippen molar-refractivity contribution in [3.63, 3.8) is 0 Å². The third-order valence-electron chi connectivity index (χ3n) is 3.71. The Hall–Kier alpha value is -2.52. The number of nitro groups is 1. The van der Waals surface area contributed by atoms with E-state index in [1.54, 1.807) is 12.1 Å². The Labute approximate surface area is 170 Å². The summed E-state index contributed by atoms with van der Waals surface area (Å²) < 4.78 is 0.804. The molecule has 0 radical (unpaired) electrons. The van der Waals surface area contributed by atoms with Crippen LogP contribution in [0.2, 0.25) is 0 Å². The highest BCUT2D eigenvalue weighted by molar-refractivity contribution is 9.10. The van der Waals surface area contributed by atoms with E-state index in [4.69, 9.17) is 12.2 Å². The van der Waals surface area contributed by atoms with Crippen molar-refractivity contribution in [2.45, 2.75) is 26.2 Å². The summed E-state index contributed by atoms with van der Waals surface area (Å²) in [6.07, 6.45) is 0. The zero-order valence-electron chi connectivity index (χ0n) is 14.9. The standard InChI is InChI=1S/C18H18BrN3O4S/c1-18(2,3)12-6-4-10(8-13(12)19)16(24)21-17(27)20-14-9-11(22(25)26)5-7-15(14)23/h4-9,23H,1-3H3,(H2,20,21,24,27). The number of benzene rings is 2. The lowest BCUT2D eigenvalue weighted by Gasteiger charge is -2.21. The first-order valence-electron chi connectivity index (χ1n) is 7.89. The predicted molar refractivity (Wildman–Crippen MR) is 111 cm³/mol. The molecule has 27 heavy (non-hydrogen) atoms. The fourth-order valence-corrected chi connectivity index (χ4v) is 3.51. The zero-order valence-corrected chi connectivity index (χ0v) is 17.3. The lowest BCUT2D eigenvalue weighted by molar-refractivity contribution is -0.384. The number of amides is 1. The lowest BCUT2D eigenvalue weighted by Crippen LogP contribution is -2.34. The molecule has 0 saturated carbocycles. The molecule has 0 saturated heterocycles. The van der Waals surface area contributed by atoms with E-state index in [9.17, 15) is 20.0 Å². The van der Waals surface area contributed by atoms with Gasteiger partial charge in [-0.2, -0.15) is 0 Å². The number of nitrogens with one attached hydrogen (secondary N) is 2. The van der Waals surface area contributed by atoms with E-state index in [0.717, 1.165) is 22.2 Å².